The van der Waals surface area contributed by atoms with E-state index in [1.165, 1.54) is 36.4 Å². The lowest BCUT2D eigenvalue weighted by Gasteiger charge is -2.07. The minimum absolute atomic E-state index is 0.123. The van der Waals surface area contributed by atoms with Crippen LogP contribution >= 0.6 is 11.6 Å². The first-order valence-corrected chi connectivity index (χ1v) is 5.92. The van der Waals surface area contributed by atoms with Crippen molar-refractivity contribution in [3.05, 3.63) is 64.7 Å². The zero-order valence-electron chi connectivity index (χ0n) is 9.79. The first kappa shape index (κ1) is 13.5. The molecule has 0 saturated carbocycles. The molecule has 0 saturated heterocycles. The van der Waals surface area contributed by atoms with Crippen molar-refractivity contribution in [3.63, 3.8) is 0 Å². The normalized spacial score (nSPS) is 10.3. The highest BCUT2D eigenvalue weighted by Crippen LogP contribution is 2.20. The lowest BCUT2D eigenvalue weighted by molar-refractivity contribution is -0.115. The molecule has 2 rings (SSSR count). The van der Waals surface area contributed by atoms with Crippen molar-refractivity contribution in [2.24, 2.45) is 0 Å². The van der Waals surface area contributed by atoms with Crippen molar-refractivity contribution >= 4 is 23.2 Å². The third-order valence-corrected chi connectivity index (χ3v) is 2.86. The summed E-state index contributed by atoms with van der Waals surface area (Å²) in [6, 6.07) is 9.67. The van der Waals surface area contributed by atoms with E-state index in [1.54, 1.807) is 6.07 Å². The molecule has 2 nitrogen and oxygen atoms in total. The van der Waals surface area contributed by atoms with Crippen molar-refractivity contribution in [2.75, 3.05) is 5.32 Å². The third kappa shape index (κ3) is 3.51. The number of halogens is 3. The minimum Gasteiger partial charge on any atom is -0.326 e. The first-order chi connectivity index (χ1) is 9.06. The molecule has 1 amide bonds. The molecule has 19 heavy (non-hydrogen) atoms. The van der Waals surface area contributed by atoms with Crippen LogP contribution in [0.1, 0.15) is 5.56 Å². The highest BCUT2D eigenvalue weighted by atomic mass is 35.5. The second kappa shape index (κ2) is 5.80. The highest BCUT2D eigenvalue weighted by Gasteiger charge is 2.12. The molecule has 0 fully saturated rings. The second-order valence-corrected chi connectivity index (χ2v) is 4.34. The van der Waals surface area contributed by atoms with Crippen LogP contribution in [-0.2, 0) is 11.2 Å². The number of amides is 1. The molecular formula is C14H10ClF2NO. The Morgan fingerprint density at radius 2 is 1.89 bits per heavy atom. The summed E-state index contributed by atoms with van der Waals surface area (Å²) in [6.07, 6.45) is -0.206. The molecule has 0 aliphatic rings. The van der Waals surface area contributed by atoms with Gasteiger partial charge in [0.2, 0.25) is 5.91 Å². The highest BCUT2D eigenvalue weighted by molar-refractivity contribution is 6.31. The molecule has 2 aromatic rings. The van der Waals surface area contributed by atoms with Gasteiger partial charge in [-0.2, -0.15) is 0 Å². The summed E-state index contributed by atoms with van der Waals surface area (Å²) in [5.41, 5.74) is 0.440. The van der Waals surface area contributed by atoms with E-state index in [0.717, 1.165) is 0 Å². The van der Waals surface area contributed by atoms with Crippen molar-refractivity contribution in [1.29, 1.82) is 0 Å². The fraction of sp³-hybridized carbons (Fsp3) is 0.0714. The third-order valence-electron chi connectivity index (χ3n) is 2.51. The van der Waals surface area contributed by atoms with Gasteiger partial charge in [0.25, 0.3) is 0 Å². The lowest BCUT2D eigenvalue weighted by Crippen LogP contribution is -2.15. The first-order valence-electron chi connectivity index (χ1n) is 5.54. The van der Waals surface area contributed by atoms with Crippen LogP contribution < -0.4 is 5.32 Å². The topological polar surface area (TPSA) is 29.1 Å². The van der Waals surface area contributed by atoms with Crippen LogP contribution in [0.2, 0.25) is 5.02 Å². The second-order valence-electron chi connectivity index (χ2n) is 3.94. The quantitative estimate of drug-likeness (QED) is 0.911. The average Bonchev–Trinajstić information content (AvgIpc) is 2.34. The molecule has 0 spiro atoms. The molecule has 5 heteroatoms. The molecular weight excluding hydrogens is 272 g/mol. The van der Waals surface area contributed by atoms with Gasteiger partial charge >= 0.3 is 0 Å². The SMILES string of the molecule is O=C(Cc1c(F)cccc1Cl)Nc1cccc(F)c1. The molecule has 0 unspecified atom stereocenters. The summed E-state index contributed by atoms with van der Waals surface area (Å²) in [4.78, 5) is 11.7. The Labute approximate surface area is 114 Å². The number of hydrogen-bond acceptors (Lipinski definition) is 1. The number of hydrogen-bond donors (Lipinski definition) is 1. The van der Waals surface area contributed by atoms with Crippen LogP contribution in [-0.4, -0.2) is 5.91 Å². The van der Waals surface area contributed by atoms with Crippen molar-refractivity contribution in [2.45, 2.75) is 6.42 Å². The number of carbonyl (C=O) groups is 1. The maximum atomic E-state index is 13.5. The van der Waals surface area contributed by atoms with E-state index >= 15 is 0 Å². The Kier molecular flexibility index (Phi) is 4.12. The van der Waals surface area contributed by atoms with Gasteiger partial charge < -0.3 is 5.32 Å². The number of carbonyl (C=O) groups excluding carboxylic acids is 1. The molecule has 0 radical (unpaired) electrons. The van der Waals surface area contributed by atoms with Crippen LogP contribution in [0.15, 0.2) is 42.5 Å². The zero-order chi connectivity index (χ0) is 13.8. The monoisotopic (exact) mass is 281 g/mol. The fourth-order valence-electron chi connectivity index (χ4n) is 1.63. The Morgan fingerprint density at radius 1 is 1.16 bits per heavy atom. The van der Waals surface area contributed by atoms with Gasteiger partial charge in [-0.05, 0) is 30.3 Å². The van der Waals surface area contributed by atoms with E-state index in [9.17, 15) is 13.6 Å². The van der Waals surface area contributed by atoms with Gasteiger partial charge in [0.15, 0.2) is 0 Å². The van der Waals surface area contributed by atoms with Gasteiger partial charge in [0, 0.05) is 16.3 Å². The van der Waals surface area contributed by atoms with Crippen LogP contribution in [0, 0.1) is 11.6 Å². The van der Waals surface area contributed by atoms with Crippen molar-refractivity contribution in [3.8, 4) is 0 Å². The molecule has 0 aliphatic carbocycles. The van der Waals surface area contributed by atoms with Crippen LogP contribution in [0.4, 0.5) is 14.5 Å². The van der Waals surface area contributed by atoms with E-state index < -0.39 is 17.5 Å². The molecule has 0 atom stereocenters. The molecule has 0 heterocycles. The van der Waals surface area contributed by atoms with Gasteiger partial charge in [0.05, 0.1) is 6.42 Å². The number of nitrogens with one attached hydrogen (secondary N) is 1. The maximum Gasteiger partial charge on any atom is 0.228 e. The Morgan fingerprint density at radius 3 is 2.58 bits per heavy atom. The van der Waals surface area contributed by atoms with Crippen LogP contribution in [0.5, 0.6) is 0 Å². The number of rotatable bonds is 3. The Bertz CT molecular complexity index is 596. The molecule has 1 N–H and O–H groups in total. The van der Waals surface area contributed by atoms with Gasteiger partial charge in [-0.15, -0.1) is 0 Å². The molecule has 98 valence electrons. The summed E-state index contributed by atoms with van der Waals surface area (Å²) < 4.78 is 26.4. The van der Waals surface area contributed by atoms with E-state index in [4.69, 9.17) is 11.6 Å². The Hall–Kier alpha value is -1.94. The van der Waals surface area contributed by atoms with Gasteiger partial charge in [-0.1, -0.05) is 23.7 Å². The van der Waals surface area contributed by atoms with Crippen LogP contribution in [0.3, 0.4) is 0 Å². The standard InChI is InChI=1S/C14H10ClF2NO/c15-12-5-2-6-13(17)11(12)8-14(19)18-10-4-1-3-9(16)7-10/h1-7H,8H2,(H,18,19). The summed E-state index contributed by atoms with van der Waals surface area (Å²) in [5, 5.41) is 2.67. The van der Waals surface area contributed by atoms with Crippen molar-refractivity contribution < 1.29 is 13.6 Å². The maximum absolute atomic E-state index is 13.5. The summed E-state index contributed by atoms with van der Waals surface area (Å²) in [5.74, 6) is -1.46. The summed E-state index contributed by atoms with van der Waals surface area (Å²) >= 11 is 5.82. The average molecular weight is 282 g/mol. The molecule has 0 bridgehead atoms. The lowest BCUT2D eigenvalue weighted by atomic mass is 10.1. The Balaban J connectivity index is 2.10. The van der Waals surface area contributed by atoms with E-state index in [-0.39, 0.29) is 17.0 Å². The smallest absolute Gasteiger partial charge is 0.228 e. The summed E-state index contributed by atoms with van der Waals surface area (Å²) in [7, 11) is 0. The predicted molar refractivity (Wildman–Crippen MR) is 70.1 cm³/mol. The zero-order valence-corrected chi connectivity index (χ0v) is 10.5. The van der Waals surface area contributed by atoms with E-state index in [2.05, 4.69) is 5.32 Å². The molecule has 0 aromatic heterocycles. The van der Waals surface area contributed by atoms with E-state index in [0.29, 0.717) is 5.69 Å². The molecule has 0 aliphatic heterocycles. The summed E-state index contributed by atoms with van der Waals surface area (Å²) in [6.45, 7) is 0. The number of anilines is 1. The largest absolute Gasteiger partial charge is 0.326 e. The predicted octanol–water partition coefficient (Wildman–Crippen LogP) is 3.80. The number of benzene rings is 2. The fourth-order valence-corrected chi connectivity index (χ4v) is 1.86. The van der Waals surface area contributed by atoms with Crippen molar-refractivity contribution in [1.82, 2.24) is 0 Å². The van der Waals surface area contributed by atoms with Gasteiger partial charge in [0.1, 0.15) is 11.6 Å². The van der Waals surface area contributed by atoms with Crippen LogP contribution in [0.25, 0.3) is 0 Å². The van der Waals surface area contributed by atoms with Gasteiger partial charge in [-0.3, -0.25) is 4.79 Å². The minimum atomic E-state index is -0.540. The molecule has 2 aromatic carbocycles. The van der Waals surface area contributed by atoms with Gasteiger partial charge in [-0.25, -0.2) is 8.78 Å². The van der Waals surface area contributed by atoms with E-state index in [1.807, 2.05) is 0 Å².